The summed E-state index contributed by atoms with van der Waals surface area (Å²) >= 11 is 0. The zero-order valence-electron chi connectivity index (χ0n) is 20.1. The zero-order valence-corrected chi connectivity index (χ0v) is 20.1. The Balaban J connectivity index is 1.18. The molecular formula is C27H28N4O5. The second-order valence-electron chi connectivity index (χ2n) is 9.87. The van der Waals surface area contributed by atoms with Crippen molar-refractivity contribution >= 4 is 29.4 Å². The number of anilines is 1. The van der Waals surface area contributed by atoms with Crippen molar-refractivity contribution in [3.05, 3.63) is 64.2 Å². The first-order chi connectivity index (χ1) is 17.4. The minimum atomic E-state index is -0.670. The van der Waals surface area contributed by atoms with Crippen LogP contribution >= 0.6 is 0 Å². The van der Waals surface area contributed by atoms with Crippen molar-refractivity contribution in [2.75, 3.05) is 11.9 Å². The Kier molecular flexibility index (Phi) is 5.52. The molecule has 2 aromatic rings. The van der Waals surface area contributed by atoms with E-state index in [1.54, 1.807) is 23.1 Å². The van der Waals surface area contributed by atoms with Gasteiger partial charge in [-0.25, -0.2) is 4.79 Å². The van der Waals surface area contributed by atoms with Crippen molar-refractivity contribution in [3.8, 4) is 0 Å². The average Bonchev–Trinajstić information content (AvgIpc) is 3.58. The fourth-order valence-corrected chi connectivity index (χ4v) is 5.46. The predicted octanol–water partition coefficient (Wildman–Crippen LogP) is 3.41. The summed E-state index contributed by atoms with van der Waals surface area (Å²) in [6, 6.07) is 10.7. The molecule has 2 atom stereocenters. The maximum Gasteiger partial charge on any atom is 0.324 e. The minimum absolute atomic E-state index is 0.208. The van der Waals surface area contributed by atoms with Crippen molar-refractivity contribution in [1.29, 1.82) is 0 Å². The number of ether oxygens (including phenoxy) is 1. The van der Waals surface area contributed by atoms with Crippen LogP contribution in [-0.2, 0) is 27.4 Å². The monoisotopic (exact) mass is 488 g/mol. The van der Waals surface area contributed by atoms with E-state index in [1.807, 2.05) is 6.92 Å². The molecule has 1 saturated carbocycles. The molecule has 2 aromatic carbocycles. The lowest BCUT2D eigenvalue weighted by molar-refractivity contribution is -0.136. The van der Waals surface area contributed by atoms with E-state index in [0.29, 0.717) is 36.7 Å². The molecule has 186 valence electrons. The smallest absolute Gasteiger partial charge is 0.324 e. The van der Waals surface area contributed by atoms with Gasteiger partial charge in [0, 0.05) is 36.4 Å². The van der Waals surface area contributed by atoms with E-state index in [4.69, 9.17) is 4.74 Å². The van der Waals surface area contributed by atoms with Crippen molar-refractivity contribution in [2.24, 2.45) is 0 Å². The fourth-order valence-electron chi connectivity index (χ4n) is 5.46. The van der Waals surface area contributed by atoms with Gasteiger partial charge in [0.2, 0.25) is 11.8 Å². The number of nitrogens with one attached hydrogen (secondary N) is 2. The summed E-state index contributed by atoms with van der Waals surface area (Å²) in [4.78, 5) is 53.2. The number of hydrogen-bond donors (Lipinski definition) is 2. The fraction of sp³-hybridized carbons (Fsp3) is 0.407. The van der Waals surface area contributed by atoms with Crippen LogP contribution in [0.1, 0.15) is 77.4 Å². The van der Waals surface area contributed by atoms with Gasteiger partial charge in [-0.3, -0.25) is 24.6 Å². The van der Waals surface area contributed by atoms with E-state index >= 15 is 0 Å². The summed E-state index contributed by atoms with van der Waals surface area (Å²) in [5.74, 6) is -0.380. The van der Waals surface area contributed by atoms with Gasteiger partial charge in [0.1, 0.15) is 6.04 Å². The number of imide groups is 1. The van der Waals surface area contributed by atoms with Crippen molar-refractivity contribution < 1.29 is 23.9 Å². The molecule has 2 N–H and O–H groups in total. The molecular weight excluding hydrogens is 460 g/mol. The number of nitrogens with zero attached hydrogens (tertiary/aromatic N) is 2. The highest BCUT2D eigenvalue weighted by molar-refractivity contribution is 6.05. The lowest BCUT2D eigenvalue weighted by Crippen LogP contribution is -2.52. The van der Waals surface area contributed by atoms with Crippen LogP contribution in [0.4, 0.5) is 10.5 Å². The van der Waals surface area contributed by atoms with E-state index in [9.17, 15) is 19.2 Å². The van der Waals surface area contributed by atoms with E-state index < -0.39 is 18.2 Å². The molecule has 0 aromatic heterocycles. The van der Waals surface area contributed by atoms with Gasteiger partial charge in [0.25, 0.3) is 5.91 Å². The van der Waals surface area contributed by atoms with Gasteiger partial charge in [-0.05, 0) is 67.0 Å². The second-order valence-corrected chi connectivity index (χ2v) is 9.87. The Morgan fingerprint density at radius 1 is 1.06 bits per heavy atom. The molecule has 3 aliphatic heterocycles. The Labute approximate surface area is 208 Å². The normalized spacial score (nSPS) is 23.0. The van der Waals surface area contributed by atoms with Crippen LogP contribution in [0.2, 0.25) is 0 Å². The molecule has 0 spiro atoms. The number of piperidine rings is 1. The Bertz CT molecular complexity index is 1290. The second kappa shape index (κ2) is 8.74. The minimum Gasteiger partial charge on any atom is -0.354 e. The van der Waals surface area contributed by atoms with E-state index in [0.717, 1.165) is 16.7 Å². The lowest BCUT2D eigenvalue weighted by Gasteiger charge is -2.29. The van der Waals surface area contributed by atoms with Gasteiger partial charge in [0.15, 0.2) is 6.23 Å². The van der Waals surface area contributed by atoms with E-state index in [2.05, 4.69) is 28.8 Å². The molecule has 0 radical (unpaired) electrons. The topological polar surface area (TPSA) is 108 Å². The first-order valence-electron chi connectivity index (χ1n) is 12.5. The van der Waals surface area contributed by atoms with Crippen LogP contribution in [0.3, 0.4) is 0 Å². The molecule has 3 heterocycles. The molecule has 5 amide bonds. The summed E-state index contributed by atoms with van der Waals surface area (Å²) < 4.78 is 5.99. The largest absolute Gasteiger partial charge is 0.354 e. The summed E-state index contributed by atoms with van der Waals surface area (Å²) in [6.45, 7) is 3.12. The third-order valence-electron chi connectivity index (χ3n) is 7.47. The van der Waals surface area contributed by atoms with Gasteiger partial charge in [-0.2, -0.15) is 0 Å². The first kappa shape index (κ1) is 22.7. The van der Waals surface area contributed by atoms with Crippen LogP contribution in [0, 0.1) is 0 Å². The number of carbonyl (C=O) groups excluding carboxylic acids is 4. The molecule has 4 aliphatic rings. The summed E-state index contributed by atoms with van der Waals surface area (Å²) in [7, 11) is 0. The molecule has 2 fully saturated rings. The summed E-state index contributed by atoms with van der Waals surface area (Å²) in [5, 5.41) is 5.27. The maximum absolute atomic E-state index is 13.3. The number of benzene rings is 2. The number of urea groups is 1. The molecule has 9 nitrogen and oxygen atoms in total. The highest BCUT2D eigenvalue weighted by Gasteiger charge is 2.40. The van der Waals surface area contributed by atoms with Crippen LogP contribution < -0.4 is 10.6 Å². The van der Waals surface area contributed by atoms with E-state index in [-0.39, 0.29) is 30.8 Å². The number of amides is 5. The third-order valence-corrected chi connectivity index (χ3v) is 7.47. The van der Waals surface area contributed by atoms with Crippen LogP contribution in [0.15, 0.2) is 36.4 Å². The van der Waals surface area contributed by atoms with Gasteiger partial charge in [-0.1, -0.05) is 18.2 Å². The Morgan fingerprint density at radius 3 is 2.64 bits per heavy atom. The number of fused-ring (bicyclic) bond motifs is 2. The molecule has 6 rings (SSSR count). The quantitative estimate of drug-likeness (QED) is 0.627. The maximum atomic E-state index is 13.3. The highest BCUT2D eigenvalue weighted by Crippen LogP contribution is 2.43. The summed E-state index contributed by atoms with van der Waals surface area (Å²) in [6.07, 6.45) is 2.50. The van der Waals surface area contributed by atoms with E-state index in [1.165, 1.54) is 23.3 Å². The first-order valence-corrected chi connectivity index (χ1v) is 12.5. The van der Waals surface area contributed by atoms with Gasteiger partial charge in [0.05, 0.1) is 6.54 Å². The molecule has 9 heteroatoms. The number of hydrogen-bond acceptors (Lipinski definition) is 5. The molecule has 0 bridgehead atoms. The van der Waals surface area contributed by atoms with Crippen LogP contribution in [-0.4, -0.2) is 46.2 Å². The highest BCUT2D eigenvalue weighted by atomic mass is 16.5. The van der Waals surface area contributed by atoms with Crippen molar-refractivity contribution in [3.63, 3.8) is 0 Å². The Morgan fingerprint density at radius 2 is 1.89 bits per heavy atom. The van der Waals surface area contributed by atoms with Gasteiger partial charge < -0.3 is 15.0 Å². The zero-order chi connectivity index (χ0) is 25.0. The number of rotatable bonds is 5. The Hall–Kier alpha value is -3.72. The molecule has 2 unspecified atom stereocenters. The average molecular weight is 489 g/mol. The standard InChI is InChI=1S/C27H28N4O5/c1-2-36-26-21-12-16(15-3-4-15)5-6-17(21)13-31(26)27(35)28-19-7-8-20-18(11-19)14-30(25(20)34)22-9-10-23(32)29-24(22)33/h5-8,11-12,15,22,26H,2-4,9-10,13-14H2,1H3,(H,28,35)(H,29,32,33). The lowest BCUT2D eigenvalue weighted by atomic mass is 10.0. The van der Waals surface area contributed by atoms with Crippen LogP contribution in [0.5, 0.6) is 0 Å². The molecule has 1 aliphatic carbocycles. The predicted molar refractivity (Wildman–Crippen MR) is 130 cm³/mol. The summed E-state index contributed by atoms with van der Waals surface area (Å²) in [5.41, 5.74) is 5.27. The molecule has 1 saturated heterocycles. The number of carbonyl (C=O) groups is 4. The van der Waals surface area contributed by atoms with Crippen molar-refractivity contribution in [2.45, 2.75) is 63.9 Å². The third kappa shape index (κ3) is 3.93. The van der Waals surface area contributed by atoms with Crippen LogP contribution in [0.25, 0.3) is 0 Å². The van der Waals surface area contributed by atoms with Gasteiger partial charge in [-0.15, -0.1) is 0 Å². The van der Waals surface area contributed by atoms with Gasteiger partial charge >= 0.3 is 6.03 Å². The SMILES string of the molecule is CCOC1c2cc(C3CC3)ccc2CN1C(=O)Nc1ccc2c(c1)CN(C1CCC(=O)NC1=O)C2=O. The van der Waals surface area contributed by atoms with Crippen molar-refractivity contribution in [1.82, 2.24) is 15.1 Å². The molecule has 36 heavy (non-hydrogen) atoms.